The van der Waals surface area contributed by atoms with Crippen molar-refractivity contribution in [2.75, 3.05) is 0 Å². The Balaban J connectivity index is 0.000000537. The number of nitrogens with one attached hydrogen (secondary N) is 1. The monoisotopic (exact) mass is 444 g/mol. The predicted molar refractivity (Wildman–Crippen MR) is 115 cm³/mol. The van der Waals surface area contributed by atoms with E-state index in [0.29, 0.717) is 17.0 Å². The van der Waals surface area contributed by atoms with Crippen LogP contribution in [0.3, 0.4) is 0 Å². The molecule has 0 saturated heterocycles. The maximum Gasteiger partial charge on any atom is 0.223 e. The van der Waals surface area contributed by atoms with Crippen LogP contribution in [0.2, 0.25) is 10.0 Å². The fourth-order valence-electron chi connectivity index (χ4n) is 4.32. The Labute approximate surface area is 182 Å². The summed E-state index contributed by atoms with van der Waals surface area (Å²) in [5, 5.41) is 3.70. The summed E-state index contributed by atoms with van der Waals surface area (Å²) >= 11 is 12.5. The van der Waals surface area contributed by atoms with Crippen LogP contribution in [-0.4, -0.2) is 11.8 Å². The first-order chi connectivity index (χ1) is 13.7. The van der Waals surface area contributed by atoms with Gasteiger partial charge in [-0.15, -0.1) is 0 Å². The highest BCUT2D eigenvalue weighted by atomic mass is 35.5. The van der Waals surface area contributed by atoms with Gasteiger partial charge in [-0.1, -0.05) is 62.7 Å². The molecule has 3 rings (SSSR count). The van der Waals surface area contributed by atoms with Gasteiger partial charge in [0, 0.05) is 17.9 Å². The predicted octanol–water partition coefficient (Wildman–Crippen LogP) is 5.94. The molecule has 1 aromatic carbocycles. The number of carbonyl (C=O) groups is 2. The fraction of sp³-hybridized carbons (Fsp3) is 0.636. The van der Waals surface area contributed by atoms with Crippen LogP contribution < -0.4 is 11.1 Å². The SMILES string of the molecule is CC1(C(NC(=O)C2CCCC2)c2c(F)ccc(Cl)c2Cl)CCCC1.CCC(N)=O. The molecule has 1 atom stereocenters. The smallest absolute Gasteiger partial charge is 0.223 e. The van der Waals surface area contributed by atoms with E-state index in [9.17, 15) is 14.0 Å². The molecule has 2 aliphatic rings. The van der Waals surface area contributed by atoms with E-state index in [1.165, 1.54) is 12.1 Å². The summed E-state index contributed by atoms with van der Waals surface area (Å²) in [4.78, 5) is 22.3. The highest BCUT2D eigenvalue weighted by molar-refractivity contribution is 6.42. The van der Waals surface area contributed by atoms with Crippen molar-refractivity contribution >= 4 is 35.0 Å². The minimum atomic E-state index is -0.431. The zero-order valence-corrected chi connectivity index (χ0v) is 18.7. The molecule has 0 aromatic heterocycles. The third kappa shape index (κ3) is 6.08. The summed E-state index contributed by atoms with van der Waals surface area (Å²) in [5.41, 5.74) is 4.81. The second-order valence-corrected chi connectivity index (χ2v) is 9.15. The van der Waals surface area contributed by atoms with E-state index >= 15 is 0 Å². The summed E-state index contributed by atoms with van der Waals surface area (Å²) in [5.74, 6) is -0.571. The molecule has 2 aliphatic carbocycles. The van der Waals surface area contributed by atoms with Crippen molar-refractivity contribution in [3.8, 4) is 0 Å². The van der Waals surface area contributed by atoms with E-state index in [0.717, 1.165) is 51.4 Å². The average Bonchev–Trinajstić information content (AvgIpc) is 3.37. The van der Waals surface area contributed by atoms with E-state index in [1.54, 1.807) is 6.92 Å². The molecule has 2 fully saturated rings. The molecule has 29 heavy (non-hydrogen) atoms. The number of amides is 2. The number of carbonyl (C=O) groups excluding carboxylic acids is 2. The highest BCUT2D eigenvalue weighted by Crippen LogP contribution is 2.50. The Morgan fingerprint density at radius 1 is 1.21 bits per heavy atom. The van der Waals surface area contributed by atoms with Crippen LogP contribution in [0.25, 0.3) is 0 Å². The standard InChI is InChI=1S/C19H24Cl2FNO.C3H7NO/c1-19(10-4-5-11-19)17(23-18(24)12-6-2-3-7-12)15-14(22)9-8-13(20)16(15)21;1-2-3(4)5/h8-9,12,17H,2-7,10-11H2,1H3,(H,23,24);2H2,1H3,(H2,4,5). The zero-order valence-electron chi connectivity index (χ0n) is 17.2. The maximum atomic E-state index is 14.6. The van der Waals surface area contributed by atoms with Crippen molar-refractivity contribution in [2.24, 2.45) is 17.1 Å². The lowest BCUT2D eigenvalue weighted by Crippen LogP contribution is -2.41. The minimum absolute atomic E-state index is 0.0288. The van der Waals surface area contributed by atoms with Gasteiger partial charge >= 0.3 is 0 Å². The van der Waals surface area contributed by atoms with Gasteiger partial charge in [-0.25, -0.2) is 4.39 Å². The van der Waals surface area contributed by atoms with Crippen molar-refractivity contribution in [3.63, 3.8) is 0 Å². The van der Waals surface area contributed by atoms with E-state index in [1.807, 2.05) is 0 Å². The molecule has 0 heterocycles. The molecular weight excluding hydrogens is 414 g/mol. The molecule has 0 spiro atoms. The first-order valence-electron chi connectivity index (χ1n) is 10.4. The van der Waals surface area contributed by atoms with Crippen molar-refractivity contribution in [3.05, 3.63) is 33.6 Å². The first-order valence-corrected chi connectivity index (χ1v) is 11.2. The minimum Gasteiger partial charge on any atom is -0.370 e. The lowest BCUT2D eigenvalue weighted by molar-refractivity contribution is -0.126. The molecule has 1 aromatic rings. The van der Waals surface area contributed by atoms with Crippen LogP contribution in [0.1, 0.15) is 83.2 Å². The molecule has 0 aliphatic heterocycles. The van der Waals surface area contributed by atoms with Crippen molar-refractivity contribution in [1.82, 2.24) is 5.32 Å². The Hall–Kier alpha value is -1.33. The summed E-state index contributed by atoms with van der Waals surface area (Å²) in [6.07, 6.45) is 8.54. The number of halogens is 3. The first kappa shape index (κ1) is 23.9. The van der Waals surface area contributed by atoms with E-state index in [4.69, 9.17) is 23.2 Å². The Kier molecular flexibility index (Phi) is 8.77. The lowest BCUT2D eigenvalue weighted by atomic mass is 9.76. The molecule has 7 heteroatoms. The fourth-order valence-corrected chi connectivity index (χ4v) is 4.75. The van der Waals surface area contributed by atoms with Gasteiger partial charge in [0.15, 0.2) is 0 Å². The zero-order chi connectivity index (χ0) is 21.6. The van der Waals surface area contributed by atoms with Crippen LogP contribution >= 0.6 is 23.2 Å². The van der Waals surface area contributed by atoms with Crippen molar-refractivity contribution in [2.45, 2.75) is 77.7 Å². The van der Waals surface area contributed by atoms with Gasteiger partial charge in [-0.3, -0.25) is 9.59 Å². The topological polar surface area (TPSA) is 72.2 Å². The van der Waals surface area contributed by atoms with Crippen molar-refractivity contribution < 1.29 is 14.0 Å². The molecule has 2 saturated carbocycles. The summed E-state index contributed by atoms with van der Waals surface area (Å²) in [7, 11) is 0. The van der Waals surface area contributed by atoms with Crippen LogP contribution in [0.15, 0.2) is 12.1 Å². The molecule has 3 N–H and O–H groups in total. The molecule has 2 amide bonds. The lowest BCUT2D eigenvalue weighted by Gasteiger charge is -2.36. The summed E-state index contributed by atoms with van der Waals surface area (Å²) in [6.45, 7) is 3.85. The number of benzene rings is 1. The summed E-state index contributed by atoms with van der Waals surface area (Å²) < 4.78 is 14.6. The number of primary amides is 1. The maximum absolute atomic E-state index is 14.6. The van der Waals surface area contributed by atoms with Gasteiger partial charge < -0.3 is 11.1 Å². The number of rotatable bonds is 5. The number of hydrogen-bond donors (Lipinski definition) is 2. The normalized spacial score (nSPS) is 19.3. The molecule has 0 radical (unpaired) electrons. The quantitative estimate of drug-likeness (QED) is 0.551. The molecule has 0 bridgehead atoms. The number of nitrogens with two attached hydrogens (primary N) is 1. The highest BCUT2D eigenvalue weighted by Gasteiger charge is 2.42. The van der Waals surface area contributed by atoms with Crippen LogP contribution in [0.5, 0.6) is 0 Å². The van der Waals surface area contributed by atoms with Gasteiger partial charge in [0.2, 0.25) is 11.8 Å². The second kappa shape index (κ2) is 10.6. The van der Waals surface area contributed by atoms with Gasteiger partial charge in [0.1, 0.15) is 5.82 Å². The molecule has 162 valence electrons. The Bertz CT molecular complexity index is 730. The van der Waals surface area contributed by atoms with Gasteiger partial charge in [0.05, 0.1) is 16.1 Å². The Morgan fingerprint density at radius 2 is 1.76 bits per heavy atom. The van der Waals surface area contributed by atoms with Crippen molar-refractivity contribution in [1.29, 1.82) is 0 Å². The van der Waals surface area contributed by atoms with Crippen LogP contribution in [-0.2, 0) is 9.59 Å². The van der Waals surface area contributed by atoms with E-state index in [2.05, 4.69) is 18.0 Å². The average molecular weight is 445 g/mol. The van der Waals surface area contributed by atoms with Gasteiger partial charge in [-0.05, 0) is 43.2 Å². The molecule has 4 nitrogen and oxygen atoms in total. The molecular formula is C22H31Cl2FN2O2. The van der Waals surface area contributed by atoms with E-state index in [-0.39, 0.29) is 28.2 Å². The van der Waals surface area contributed by atoms with E-state index < -0.39 is 11.9 Å². The van der Waals surface area contributed by atoms with Gasteiger partial charge in [0.25, 0.3) is 0 Å². The summed E-state index contributed by atoms with van der Waals surface area (Å²) in [6, 6.07) is 2.38. The van der Waals surface area contributed by atoms with Crippen LogP contribution in [0, 0.1) is 17.2 Å². The van der Waals surface area contributed by atoms with Crippen LogP contribution in [0.4, 0.5) is 4.39 Å². The Morgan fingerprint density at radius 3 is 2.28 bits per heavy atom. The third-order valence-corrected chi connectivity index (χ3v) is 6.99. The van der Waals surface area contributed by atoms with Gasteiger partial charge in [-0.2, -0.15) is 0 Å². The second-order valence-electron chi connectivity index (χ2n) is 8.36. The largest absolute Gasteiger partial charge is 0.370 e. The number of hydrogen-bond acceptors (Lipinski definition) is 2. The molecule has 1 unspecified atom stereocenters. The third-order valence-electron chi connectivity index (χ3n) is 6.17.